The molecule has 22 heavy (non-hydrogen) atoms. The number of amides is 1. The molecule has 0 radical (unpaired) electrons. The first-order valence-corrected chi connectivity index (χ1v) is 6.63. The molecule has 0 aliphatic rings. The summed E-state index contributed by atoms with van der Waals surface area (Å²) in [6.07, 6.45) is 1.44. The van der Waals surface area contributed by atoms with Crippen molar-refractivity contribution in [1.29, 1.82) is 0 Å². The summed E-state index contributed by atoms with van der Waals surface area (Å²) in [5, 5.41) is 6.94. The first-order chi connectivity index (χ1) is 10.6. The van der Waals surface area contributed by atoms with E-state index >= 15 is 0 Å². The lowest BCUT2D eigenvalue weighted by Gasteiger charge is -2.07. The smallest absolute Gasteiger partial charge is 0.291 e. The quantitative estimate of drug-likeness (QED) is 0.804. The molecule has 0 saturated heterocycles. The molecule has 0 aliphatic heterocycles. The van der Waals surface area contributed by atoms with Crippen LogP contribution in [0.2, 0.25) is 0 Å². The van der Waals surface area contributed by atoms with Crippen LogP contribution >= 0.6 is 0 Å². The number of furan rings is 1. The van der Waals surface area contributed by atoms with E-state index in [9.17, 15) is 9.59 Å². The molecule has 0 spiro atoms. The van der Waals surface area contributed by atoms with Crippen molar-refractivity contribution in [3.8, 4) is 11.3 Å². The standard InChI is InChI=1S/C16H13N3O3/c1-19-15(20)8-7-13(18-19)11-4-2-5-12(10-11)17-16(21)14-6-3-9-22-14/h2-10H,1H3,(H,17,21). The Labute approximate surface area is 126 Å². The second kappa shape index (κ2) is 5.69. The van der Waals surface area contributed by atoms with Gasteiger partial charge < -0.3 is 9.73 Å². The summed E-state index contributed by atoms with van der Waals surface area (Å²) in [6.45, 7) is 0. The van der Waals surface area contributed by atoms with E-state index in [1.54, 1.807) is 43.4 Å². The van der Waals surface area contributed by atoms with Crippen LogP contribution in [0.3, 0.4) is 0 Å². The molecule has 6 nitrogen and oxygen atoms in total. The zero-order valence-electron chi connectivity index (χ0n) is 11.8. The number of nitrogens with zero attached hydrogens (tertiary/aromatic N) is 2. The van der Waals surface area contributed by atoms with E-state index in [4.69, 9.17) is 4.42 Å². The van der Waals surface area contributed by atoms with Gasteiger partial charge in [-0.15, -0.1) is 0 Å². The van der Waals surface area contributed by atoms with Gasteiger partial charge in [-0.3, -0.25) is 9.59 Å². The number of benzene rings is 1. The van der Waals surface area contributed by atoms with Crippen molar-refractivity contribution in [2.24, 2.45) is 7.05 Å². The highest BCUT2D eigenvalue weighted by atomic mass is 16.3. The van der Waals surface area contributed by atoms with Gasteiger partial charge in [0.1, 0.15) is 0 Å². The van der Waals surface area contributed by atoms with E-state index in [1.165, 1.54) is 17.0 Å². The normalized spacial score (nSPS) is 10.4. The molecule has 0 bridgehead atoms. The highest BCUT2D eigenvalue weighted by molar-refractivity contribution is 6.02. The van der Waals surface area contributed by atoms with Gasteiger partial charge in [0.15, 0.2) is 5.76 Å². The largest absolute Gasteiger partial charge is 0.459 e. The first-order valence-electron chi connectivity index (χ1n) is 6.63. The maximum Gasteiger partial charge on any atom is 0.291 e. The molecule has 3 rings (SSSR count). The van der Waals surface area contributed by atoms with Crippen molar-refractivity contribution in [1.82, 2.24) is 9.78 Å². The minimum atomic E-state index is -0.324. The summed E-state index contributed by atoms with van der Waals surface area (Å²) in [7, 11) is 1.59. The summed E-state index contributed by atoms with van der Waals surface area (Å²) in [5.74, 6) is -0.0822. The van der Waals surface area contributed by atoms with Crippen LogP contribution in [0.15, 0.2) is 64.0 Å². The van der Waals surface area contributed by atoms with Crippen molar-refractivity contribution < 1.29 is 9.21 Å². The number of aryl methyl sites for hydroxylation is 1. The molecule has 2 aromatic heterocycles. The van der Waals surface area contributed by atoms with E-state index in [0.29, 0.717) is 11.4 Å². The van der Waals surface area contributed by atoms with Crippen LogP contribution in [-0.2, 0) is 7.05 Å². The Morgan fingerprint density at radius 3 is 2.77 bits per heavy atom. The molecule has 0 aliphatic carbocycles. The maximum atomic E-state index is 12.0. The predicted octanol–water partition coefficient (Wildman–Crippen LogP) is 2.29. The van der Waals surface area contributed by atoms with E-state index in [0.717, 1.165) is 5.56 Å². The van der Waals surface area contributed by atoms with Crippen LogP contribution in [0.4, 0.5) is 5.69 Å². The molecule has 3 aromatic rings. The summed E-state index contributed by atoms with van der Waals surface area (Å²) in [5.41, 5.74) is 1.89. The lowest BCUT2D eigenvalue weighted by molar-refractivity contribution is 0.0996. The van der Waals surface area contributed by atoms with Gasteiger partial charge in [0.2, 0.25) is 0 Å². The van der Waals surface area contributed by atoms with Gasteiger partial charge >= 0.3 is 0 Å². The fraction of sp³-hybridized carbons (Fsp3) is 0.0625. The van der Waals surface area contributed by atoms with Crippen LogP contribution in [0.1, 0.15) is 10.6 Å². The molecule has 1 N–H and O–H groups in total. The van der Waals surface area contributed by atoms with E-state index in [2.05, 4.69) is 10.4 Å². The minimum absolute atomic E-state index is 0.175. The molecular formula is C16H13N3O3. The zero-order valence-corrected chi connectivity index (χ0v) is 11.8. The number of hydrogen-bond acceptors (Lipinski definition) is 4. The number of anilines is 1. The predicted molar refractivity (Wildman–Crippen MR) is 81.6 cm³/mol. The summed E-state index contributed by atoms with van der Waals surface area (Å²) < 4.78 is 6.32. The van der Waals surface area contributed by atoms with Gasteiger partial charge in [-0.25, -0.2) is 4.68 Å². The van der Waals surface area contributed by atoms with Crippen LogP contribution in [-0.4, -0.2) is 15.7 Å². The Balaban J connectivity index is 1.87. The van der Waals surface area contributed by atoms with Gasteiger partial charge in [-0.05, 0) is 30.3 Å². The van der Waals surface area contributed by atoms with Crippen molar-refractivity contribution in [3.05, 3.63) is 70.9 Å². The summed E-state index contributed by atoms with van der Waals surface area (Å²) >= 11 is 0. The van der Waals surface area contributed by atoms with E-state index < -0.39 is 0 Å². The third kappa shape index (κ3) is 2.80. The zero-order chi connectivity index (χ0) is 15.5. The number of carbonyl (C=O) groups is 1. The second-order valence-corrected chi connectivity index (χ2v) is 4.69. The van der Waals surface area contributed by atoms with Crippen molar-refractivity contribution in [2.45, 2.75) is 0 Å². The minimum Gasteiger partial charge on any atom is -0.459 e. The number of hydrogen-bond donors (Lipinski definition) is 1. The van der Waals surface area contributed by atoms with E-state index in [1.807, 2.05) is 6.07 Å². The fourth-order valence-corrected chi connectivity index (χ4v) is 2.01. The van der Waals surface area contributed by atoms with Gasteiger partial charge in [0.05, 0.1) is 12.0 Å². The molecule has 1 aromatic carbocycles. The number of aromatic nitrogens is 2. The molecule has 0 atom stereocenters. The highest BCUT2D eigenvalue weighted by Crippen LogP contribution is 2.20. The first kappa shape index (κ1) is 13.8. The SMILES string of the molecule is Cn1nc(-c2cccc(NC(=O)c3ccco3)c2)ccc1=O. The van der Waals surface area contributed by atoms with Gasteiger partial charge in [-0.2, -0.15) is 5.10 Å². The summed E-state index contributed by atoms with van der Waals surface area (Å²) in [4.78, 5) is 23.3. The molecule has 6 heteroatoms. The lowest BCUT2D eigenvalue weighted by Crippen LogP contribution is -2.18. The second-order valence-electron chi connectivity index (χ2n) is 4.69. The summed E-state index contributed by atoms with van der Waals surface area (Å²) in [6, 6.07) is 13.6. The number of carbonyl (C=O) groups excluding carboxylic acids is 1. The topological polar surface area (TPSA) is 77.1 Å². The molecular weight excluding hydrogens is 282 g/mol. The Hall–Kier alpha value is -3.15. The average Bonchev–Trinajstić information content (AvgIpc) is 3.05. The van der Waals surface area contributed by atoms with Crippen LogP contribution in [0.5, 0.6) is 0 Å². The molecule has 0 saturated carbocycles. The highest BCUT2D eigenvalue weighted by Gasteiger charge is 2.09. The van der Waals surface area contributed by atoms with Gasteiger partial charge in [0.25, 0.3) is 11.5 Å². The van der Waals surface area contributed by atoms with Crippen LogP contribution in [0, 0.1) is 0 Å². The molecule has 1 amide bonds. The molecule has 110 valence electrons. The van der Waals surface area contributed by atoms with Crippen LogP contribution < -0.4 is 10.9 Å². The third-order valence-electron chi connectivity index (χ3n) is 3.12. The lowest BCUT2D eigenvalue weighted by atomic mass is 10.1. The fourth-order valence-electron chi connectivity index (χ4n) is 2.01. The van der Waals surface area contributed by atoms with Crippen LogP contribution in [0.25, 0.3) is 11.3 Å². The maximum absolute atomic E-state index is 12.0. The Bertz CT molecular complexity index is 866. The van der Waals surface area contributed by atoms with Crippen molar-refractivity contribution in [2.75, 3.05) is 5.32 Å². The Morgan fingerprint density at radius 2 is 2.05 bits per heavy atom. The Morgan fingerprint density at radius 1 is 1.18 bits per heavy atom. The van der Waals surface area contributed by atoms with E-state index in [-0.39, 0.29) is 17.2 Å². The molecule has 0 unspecified atom stereocenters. The van der Waals surface area contributed by atoms with Gasteiger partial charge in [0, 0.05) is 24.4 Å². The molecule has 2 heterocycles. The average molecular weight is 295 g/mol. The van der Waals surface area contributed by atoms with Crippen molar-refractivity contribution in [3.63, 3.8) is 0 Å². The van der Waals surface area contributed by atoms with Crippen molar-refractivity contribution >= 4 is 11.6 Å². The third-order valence-corrected chi connectivity index (χ3v) is 3.12. The number of rotatable bonds is 3. The van der Waals surface area contributed by atoms with Gasteiger partial charge in [-0.1, -0.05) is 12.1 Å². The number of nitrogens with one attached hydrogen (secondary N) is 1. The Kier molecular flexibility index (Phi) is 3.57. The monoisotopic (exact) mass is 295 g/mol. The molecule has 0 fully saturated rings.